The Morgan fingerprint density at radius 2 is 1.79 bits per heavy atom. The van der Waals surface area contributed by atoms with Crippen LogP contribution in [0.25, 0.3) is 11.3 Å². The summed E-state index contributed by atoms with van der Waals surface area (Å²) in [4.78, 5) is 47.7. The zero-order valence-electron chi connectivity index (χ0n) is 28.5. The number of allylic oxidation sites excluding steroid dienone is 1. The van der Waals surface area contributed by atoms with E-state index in [1.54, 1.807) is 37.5 Å². The molecule has 0 saturated carbocycles. The van der Waals surface area contributed by atoms with Gasteiger partial charge in [0, 0.05) is 50.3 Å². The molecule has 48 heavy (non-hydrogen) atoms. The molecule has 0 atom stereocenters. The van der Waals surface area contributed by atoms with Crippen LogP contribution in [0.5, 0.6) is 0 Å². The van der Waals surface area contributed by atoms with Crippen molar-refractivity contribution in [2.24, 2.45) is 7.05 Å². The maximum atomic E-state index is 15.4. The first-order valence-corrected chi connectivity index (χ1v) is 16.1. The molecule has 1 aliphatic rings. The number of likely N-dealkylation sites (N-methyl/N-ethyl adjacent to an activating group) is 1. The summed E-state index contributed by atoms with van der Waals surface area (Å²) in [5.41, 5.74) is 4.99. The minimum Gasteiger partial charge on any atom is -0.392 e. The van der Waals surface area contributed by atoms with Crippen molar-refractivity contribution in [2.45, 2.75) is 52.1 Å². The summed E-state index contributed by atoms with van der Waals surface area (Å²) in [6, 6.07) is 16.2. The molecule has 4 aromatic rings. The number of amides is 1. The van der Waals surface area contributed by atoms with Crippen molar-refractivity contribution >= 4 is 17.4 Å². The maximum Gasteiger partial charge on any atom is 0.272 e. The first-order chi connectivity index (χ1) is 22.8. The molecule has 0 saturated heterocycles. The number of ketones is 1. The summed E-state index contributed by atoms with van der Waals surface area (Å²) in [6.07, 6.45) is 6.00. The monoisotopic (exact) mass is 650 g/mol. The second-order valence-corrected chi connectivity index (χ2v) is 13.7. The first-order valence-electron chi connectivity index (χ1n) is 16.1. The van der Waals surface area contributed by atoms with E-state index in [9.17, 15) is 19.5 Å². The van der Waals surface area contributed by atoms with Crippen LogP contribution >= 0.6 is 0 Å². The Labute approximate surface area is 281 Å². The third-order valence-corrected chi connectivity index (χ3v) is 8.63. The number of aliphatic hydroxyl groups excluding tert-OH is 1. The zero-order valence-corrected chi connectivity index (χ0v) is 28.5. The van der Waals surface area contributed by atoms with Crippen molar-refractivity contribution in [3.8, 4) is 11.3 Å². The Kier molecular flexibility index (Phi) is 10.2. The predicted octanol–water partition coefficient (Wildman–Crippen LogP) is 5.40. The molecular formula is C39H43FN4O4. The molecule has 1 aromatic heterocycles. The number of rotatable bonds is 10. The highest BCUT2D eigenvalue weighted by Gasteiger charge is 2.32. The minimum absolute atomic E-state index is 0.00507. The van der Waals surface area contributed by atoms with Crippen LogP contribution in [-0.2, 0) is 43.1 Å². The molecule has 1 amide bonds. The van der Waals surface area contributed by atoms with Gasteiger partial charge in [-0.3, -0.25) is 14.4 Å². The van der Waals surface area contributed by atoms with Crippen molar-refractivity contribution in [1.29, 1.82) is 0 Å². The molecular weight excluding hydrogens is 607 g/mol. The molecule has 3 aromatic carbocycles. The van der Waals surface area contributed by atoms with Crippen LogP contribution in [0.15, 0.2) is 77.7 Å². The molecule has 1 aliphatic heterocycles. The quantitative estimate of drug-likeness (QED) is 0.231. The molecule has 0 bridgehead atoms. The maximum absolute atomic E-state index is 15.4. The van der Waals surface area contributed by atoms with E-state index in [0.717, 1.165) is 16.7 Å². The summed E-state index contributed by atoms with van der Waals surface area (Å²) in [5, 5.41) is 10.6. The molecule has 9 heteroatoms. The van der Waals surface area contributed by atoms with Gasteiger partial charge in [0.2, 0.25) is 0 Å². The number of anilines is 1. The van der Waals surface area contributed by atoms with Crippen LogP contribution < -0.4 is 10.5 Å². The molecule has 8 nitrogen and oxygen atoms in total. The summed E-state index contributed by atoms with van der Waals surface area (Å²) in [5.74, 6) is -1.01. The van der Waals surface area contributed by atoms with Crippen LogP contribution in [0.4, 0.5) is 10.1 Å². The van der Waals surface area contributed by atoms with Crippen molar-refractivity contribution in [3.05, 3.63) is 128 Å². The van der Waals surface area contributed by atoms with E-state index in [-0.39, 0.29) is 35.2 Å². The van der Waals surface area contributed by atoms with Gasteiger partial charge in [-0.2, -0.15) is 0 Å². The Bertz CT molecular complexity index is 1950. The van der Waals surface area contributed by atoms with E-state index >= 15 is 4.39 Å². The number of fused-ring (bicyclic) bond motifs is 1. The van der Waals surface area contributed by atoms with E-state index < -0.39 is 18.3 Å². The average molecular weight is 651 g/mol. The van der Waals surface area contributed by atoms with Gasteiger partial charge in [0.15, 0.2) is 5.78 Å². The lowest BCUT2D eigenvalue weighted by molar-refractivity contribution is -0.114. The van der Waals surface area contributed by atoms with E-state index in [4.69, 9.17) is 4.98 Å². The number of benzene rings is 3. The molecule has 250 valence electrons. The van der Waals surface area contributed by atoms with Crippen molar-refractivity contribution in [3.63, 3.8) is 0 Å². The third-order valence-electron chi connectivity index (χ3n) is 8.63. The van der Waals surface area contributed by atoms with Crippen LogP contribution in [-0.4, -0.2) is 58.4 Å². The van der Waals surface area contributed by atoms with Gasteiger partial charge in [0.05, 0.1) is 23.6 Å². The number of carbonyl (C=O) groups is 2. The molecule has 0 unspecified atom stereocenters. The summed E-state index contributed by atoms with van der Waals surface area (Å²) < 4.78 is 16.9. The molecule has 0 fully saturated rings. The molecule has 1 N–H and O–H groups in total. The molecule has 0 radical (unpaired) electrons. The largest absolute Gasteiger partial charge is 0.392 e. The lowest BCUT2D eigenvalue weighted by Gasteiger charge is -2.32. The Morgan fingerprint density at radius 3 is 2.50 bits per heavy atom. The number of aromatic nitrogens is 2. The number of nitrogens with zero attached hydrogens (tertiary/aromatic N) is 4. The predicted molar refractivity (Wildman–Crippen MR) is 187 cm³/mol. The second kappa shape index (κ2) is 14.2. The molecule has 2 heterocycles. The van der Waals surface area contributed by atoms with Crippen molar-refractivity contribution < 1.29 is 19.1 Å². The van der Waals surface area contributed by atoms with Gasteiger partial charge in [0.1, 0.15) is 11.5 Å². The molecule has 0 aliphatic carbocycles. The Morgan fingerprint density at radius 1 is 1.06 bits per heavy atom. The SMILES string of the molecule is CN(C)C/C=C/C(=O)Cc1cccc(Cc2nc(-c3cccc(N4CCc5cc(C(C)(C)C)cc(F)c5C4=O)c3CO)cn(C)c2=O)c1. The van der Waals surface area contributed by atoms with E-state index in [2.05, 4.69) is 0 Å². The van der Waals surface area contributed by atoms with Gasteiger partial charge < -0.3 is 19.5 Å². The van der Waals surface area contributed by atoms with Crippen LogP contribution in [0.3, 0.4) is 0 Å². The van der Waals surface area contributed by atoms with Crippen LogP contribution in [0.2, 0.25) is 0 Å². The highest BCUT2D eigenvalue weighted by molar-refractivity contribution is 6.09. The Hall–Kier alpha value is -4.73. The Balaban J connectivity index is 1.45. The number of aryl methyl sites for hydroxylation is 1. The number of halogens is 1. The van der Waals surface area contributed by atoms with Gasteiger partial charge in [-0.15, -0.1) is 0 Å². The summed E-state index contributed by atoms with van der Waals surface area (Å²) in [6.45, 7) is 6.64. The smallest absolute Gasteiger partial charge is 0.272 e. The second-order valence-electron chi connectivity index (χ2n) is 13.7. The normalized spacial score (nSPS) is 13.4. The molecule has 5 rings (SSSR count). The summed E-state index contributed by atoms with van der Waals surface area (Å²) in [7, 11) is 5.52. The van der Waals surface area contributed by atoms with Gasteiger partial charge >= 0.3 is 0 Å². The average Bonchev–Trinajstić information content (AvgIpc) is 3.02. The summed E-state index contributed by atoms with van der Waals surface area (Å²) >= 11 is 0. The standard InChI is InChI=1S/C39H43FN4O4/c1-39(2,3)28-21-27-15-17-44(38(48)36(27)32(40)22-28)35-14-8-13-30(31(35)24-45)34-23-43(6)37(47)33(41-34)20-26-11-7-10-25(18-26)19-29(46)12-9-16-42(4)5/h7-14,18,21-23,45H,15-17,19-20,24H2,1-6H3/b12-9+. The lowest BCUT2D eigenvalue weighted by atomic mass is 9.83. The van der Waals surface area contributed by atoms with Gasteiger partial charge in [-0.1, -0.05) is 69.3 Å². The van der Waals surface area contributed by atoms with Gasteiger partial charge in [0.25, 0.3) is 11.5 Å². The van der Waals surface area contributed by atoms with E-state index in [1.165, 1.54) is 15.5 Å². The van der Waals surface area contributed by atoms with Gasteiger partial charge in [-0.05, 0) is 66.4 Å². The highest BCUT2D eigenvalue weighted by Crippen LogP contribution is 2.35. The highest BCUT2D eigenvalue weighted by atomic mass is 19.1. The fourth-order valence-corrected chi connectivity index (χ4v) is 6.08. The van der Waals surface area contributed by atoms with Crippen LogP contribution in [0, 0.1) is 5.82 Å². The number of carbonyl (C=O) groups excluding carboxylic acids is 2. The number of hydrogen-bond donors (Lipinski definition) is 1. The zero-order chi connectivity index (χ0) is 34.7. The van der Waals surface area contributed by atoms with E-state index in [0.29, 0.717) is 53.3 Å². The number of aliphatic hydroxyl groups is 1. The van der Waals surface area contributed by atoms with E-state index in [1.807, 2.05) is 76.2 Å². The van der Waals surface area contributed by atoms with Crippen molar-refractivity contribution in [2.75, 3.05) is 32.1 Å². The lowest BCUT2D eigenvalue weighted by Crippen LogP contribution is -2.39. The third kappa shape index (κ3) is 7.53. The fourth-order valence-electron chi connectivity index (χ4n) is 6.08. The van der Waals surface area contributed by atoms with Crippen LogP contribution in [0.1, 0.15) is 64.6 Å². The van der Waals surface area contributed by atoms with Crippen molar-refractivity contribution in [1.82, 2.24) is 14.5 Å². The minimum atomic E-state index is -0.549. The van der Waals surface area contributed by atoms with Gasteiger partial charge in [-0.25, -0.2) is 9.37 Å². The topological polar surface area (TPSA) is 95.7 Å². The first kappa shape index (κ1) is 34.6. The fraction of sp³-hybridized carbons (Fsp3) is 0.333. The molecule has 0 spiro atoms. The number of hydrogen-bond acceptors (Lipinski definition) is 6.